The second-order valence-corrected chi connectivity index (χ2v) is 11.9. The largest absolute Gasteiger partial charge is 0.466 e. The molecule has 0 heterocycles. The molecule has 0 radical (unpaired) electrons. The van der Waals surface area contributed by atoms with Gasteiger partial charge < -0.3 is 4.74 Å². The van der Waals surface area contributed by atoms with Crippen molar-refractivity contribution >= 4 is 5.97 Å². The van der Waals surface area contributed by atoms with Crippen LogP contribution in [-0.4, -0.2) is 12.6 Å². The summed E-state index contributed by atoms with van der Waals surface area (Å²) in [7, 11) is 0. The highest BCUT2D eigenvalue weighted by atomic mass is 16.5. The van der Waals surface area contributed by atoms with E-state index in [-0.39, 0.29) is 5.97 Å². The Morgan fingerprint density at radius 3 is 1.13 bits per heavy atom. The third-order valence-corrected chi connectivity index (χ3v) is 7.90. The van der Waals surface area contributed by atoms with Gasteiger partial charge in [0.1, 0.15) is 0 Å². The fraction of sp³-hybridized carbons (Fsp3) is 0.917. The van der Waals surface area contributed by atoms with Crippen LogP contribution in [0.3, 0.4) is 0 Å². The predicted octanol–water partition coefficient (Wildman–Crippen LogP) is 12.8. The van der Waals surface area contributed by atoms with Crippen molar-refractivity contribution in [1.29, 1.82) is 0 Å². The quantitative estimate of drug-likeness (QED) is 0.0487. The van der Waals surface area contributed by atoms with Gasteiger partial charge in [-0.1, -0.05) is 174 Å². The molecule has 0 N–H and O–H groups in total. The number of rotatable bonds is 32. The van der Waals surface area contributed by atoms with Gasteiger partial charge in [-0.25, -0.2) is 0 Å². The van der Waals surface area contributed by atoms with Crippen LogP contribution in [0.2, 0.25) is 0 Å². The molecule has 0 saturated carbocycles. The number of allylic oxidation sites excluding steroid dienone is 2. The highest BCUT2D eigenvalue weighted by Gasteiger charge is 2.02. The predicted molar refractivity (Wildman–Crippen MR) is 170 cm³/mol. The normalized spacial score (nSPS) is 11.5. The molecule has 0 bridgehead atoms. The minimum atomic E-state index is 0.0172. The lowest BCUT2D eigenvalue weighted by Crippen LogP contribution is -2.05. The Labute approximate surface area is 240 Å². The minimum absolute atomic E-state index is 0.0172. The number of carbonyl (C=O) groups excluding carboxylic acids is 1. The Balaban J connectivity index is 3.18. The summed E-state index contributed by atoms with van der Waals surface area (Å²) in [6.45, 7) is 5.20. The van der Waals surface area contributed by atoms with E-state index in [0.29, 0.717) is 13.0 Å². The van der Waals surface area contributed by atoms with Crippen LogP contribution in [-0.2, 0) is 9.53 Å². The molecule has 0 aromatic carbocycles. The molecule has 0 rings (SSSR count). The van der Waals surface area contributed by atoms with Gasteiger partial charge in [0.2, 0.25) is 0 Å². The van der Waals surface area contributed by atoms with Crippen LogP contribution in [0.1, 0.15) is 206 Å². The summed E-state index contributed by atoms with van der Waals surface area (Å²) >= 11 is 0. The van der Waals surface area contributed by atoms with E-state index in [2.05, 4.69) is 26.0 Å². The summed E-state index contributed by atoms with van der Waals surface area (Å²) in [6.07, 6.45) is 44.1. The van der Waals surface area contributed by atoms with Crippen LogP contribution < -0.4 is 0 Å². The van der Waals surface area contributed by atoms with Crippen LogP contribution in [0.5, 0.6) is 0 Å². The first kappa shape index (κ1) is 37.2. The Hall–Kier alpha value is -0.790. The molecule has 0 saturated heterocycles. The van der Waals surface area contributed by atoms with E-state index in [0.717, 1.165) is 19.3 Å². The van der Waals surface area contributed by atoms with Gasteiger partial charge in [-0.15, -0.1) is 0 Å². The lowest BCUT2D eigenvalue weighted by molar-refractivity contribution is -0.143. The van der Waals surface area contributed by atoms with Crippen molar-refractivity contribution in [2.75, 3.05) is 6.61 Å². The second-order valence-electron chi connectivity index (χ2n) is 11.9. The standard InChI is InChI=1S/C36H70O2/c1-3-5-7-9-11-13-15-17-19-21-23-25-27-29-31-33-35-38-36(37)34-32-30-28-26-24-22-20-18-16-14-12-10-8-6-4-2/h18,20H,3-17,19,21-35H2,1-2H3/b20-18+. The van der Waals surface area contributed by atoms with Crippen LogP contribution in [0.25, 0.3) is 0 Å². The number of ether oxygens (including phenoxy) is 1. The summed E-state index contributed by atoms with van der Waals surface area (Å²) < 4.78 is 5.43. The van der Waals surface area contributed by atoms with Gasteiger partial charge in [0.25, 0.3) is 0 Å². The second kappa shape index (κ2) is 34.2. The highest BCUT2D eigenvalue weighted by Crippen LogP contribution is 2.14. The smallest absolute Gasteiger partial charge is 0.305 e. The maximum absolute atomic E-state index is 11.9. The topological polar surface area (TPSA) is 26.3 Å². The van der Waals surface area contributed by atoms with Gasteiger partial charge in [-0.05, 0) is 38.5 Å². The highest BCUT2D eigenvalue weighted by molar-refractivity contribution is 5.69. The average Bonchev–Trinajstić information content (AvgIpc) is 2.92. The van der Waals surface area contributed by atoms with Crippen LogP contribution in [0.4, 0.5) is 0 Å². The van der Waals surface area contributed by atoms with Crippen molar-refractivity contribution in [3.63, 3.8) is 0 Å². The van der Waals surface area contributed by atoms with Gasteiger partial charge in [-0.3, -0.25) is 4.79 Å². The van der Waals surface area contributed by atoms with Gasteiger partial charge >= 0.3 is 5.97 Å². The van der Waals surface area contributed by atoms with Crippen molar-refractivity contribution in [3.8, 4) is 0 Å². The number of hydrogen-bond donors (Lipinski definition) is 0. The summed E-state index contributed by atoms with van der Waals surface area (Å²) in [5, 5.41) is 0. The van der Waals surface area contributed by atoms with Gasteiger partial charge in [0.15, 0.2) is 0 Å². The van der Waals surface area contributed by atoms with E-state index in [4.69, 9.17) is 4.74 Å². The average molecular weight is 535 g/mol. The SMILES string of the molecule is CCCCCCCC/C=C/CCCCCCCC(=O)OCCCCCCCCCCCCCCCCCC. The van der Waals surface area contributed by atoms with Crippen LogP contribution in [0, 0.1) is 0 Å². The number of hydrogen-bond acceptors (Lipinski definition) is 2. The molecule has 0 amide bonds. The molecule has 38 heavy (non-hydrogen) atoms. The Bertz CT molecular complexity index is 470. The summed E-state index contributed by atoms with van der Waals surface area (Å²) in [5.41, 5.74) is 0. The lowest BCUT2D eigenvalue weighted by atomic mass is 10.0. The molecule has 226 valence electrons. The molecule has 0 aromatic heterocycles. The first-order valence-electron chi connectivity index (χ1n) is 17.6. The van der Waals surface area contributed by atoms with E-state index < -0.39 is 0 Å². The monoisotopic (exact) mass is 535 g/mol. The molecular weight excluding hydrogens is 464 g/mol. The zero-order valence-electron chi connectivity index (χ0n) is 26.4. The molecule has 0 fully saturated rings. The minimum Gasteiger partial charge on any atom is -0.466 e. The molecular formula is C36H70O2. The maximum atomic E-state index is 11.9. The first-order chi connectivity index (χ1) is 18.8. The Morgan fingerprint density at radius 2 is 0.737 bits per heavy atom. The fourth-order valence-electron chi connectivity index (χ4n) is 5.25. The molecule has 0 aliphatic carbocycles. The van der Waals surface area contributed by atoms with Crippen molar-refractivity contribution in [1.82, 2.24) is 0 Å². The first-order valence-corrected chi connectivity index (χ1v) is 17.6. The van der Waals surface area contributed by atoms with E-state index in [1.54, 1.807) is 0 Å². The maximum Gasteiger partial charge on any atom is 0.305 e. The number of unbranched alkanes of at least 4 members (excludes halogenated alkanes) is 26. The summed E-state index contributed by atoms with van der Waals surface area (Å²) in [6, 6.07) is 0. The summed E-state index contributed by atoms with van der Waals surface area (Å²) in [4.78, 5) is 11.9. The van der Waals surface area contributed by atoms with Crippen molar-refractivity contribution < 1.29 is 9.53 Å². The lowest BCUT2D eigenvalue weighted by Gasteiger charge is -2.05. The Morgan fingerprint density at radius 1 is 0.421 bits per heavy atom. The molecule has 2 nitrogen and oxygen atoms in total. The summed E-state index contributed by atoms with van der Waals surface area (Å²) in [5.74, 6) is 0.0172. The molecule has 0 unspecified atom stereocenters. The fourth-order valence-corrected chi connectivity index (χ4v) is 5.25. The van der Waals surface area contributed by atoms with Gasteiger partial charge in [-0.2, -0.15) is 0 Å². The number of esters is 1. The van der Waals surface area contributed by atoms with Gasteiger partial charge in [0, 0.05) is 6.42 Å². The molecule has 0 spiro atoms. The van der Waals surface area contributed by atoms with E-state index in [9.17, 15) is 4.79 Å². The third-order valence-electron chi connectivity index (χ3n) is 7.90. The third kappa shape index (κ3) is 33.2. The van der Waals surface area contributed by atoms with Crippen molar-refractivity contribution in [2.24, 2.45) is 0 Å². The van der Waals surface area contributed by atoms with Crippen molar-refractivity contribution in [3.05, 3.63) is 12.2 Å². The zero-order valence-corrected chi connectivity index (χ0v) is 26.4. The number of carbonyl (C=O) groups is 1. The van der Waals surface area contributed by atoms with Gasteiger partial charge in [0.05, 0.1) is 6.61 Å². The van der Waals surface area contributed by atoms with Crippen LogP contribution in [0.15, 0.2) is 12.2 Å². The van der Waals surface area contributed by atoms with Crippen molar-refractivity contribution in [2.45, 2.75) is 206 Å². The molecule has 2 heteroatoms. The molecule has 0 atom stereocenters. The van der Waals surface area contributed by atoms with E-state index in [1.165, 1.54) is 167 Å². The molecule has 0 aliphatic heterocycles. The molecule has 0 aliphatic rings. The van der Waals surface area contributed by atoms with E-state index >= 15 is 0 Å². The zero-order chi connectivity index (χ0) is 27.6. The van der Waals surface area contributed by atoms with E-state index in [1.807, 2.05) is 0 Å². The molecule has 0 aromatic rings. The van der Waals surface area contributed by atoms with Crippen LogP contribution >= 0.6 is 0 Å². The Kier molecular flexibility index (Phi) is 33.5.